The van der Waals surface area contributed by atoms with Crippen molar-refractivity contribution in [2.45, 2.75) is 25.3 Å². The third-order valence-electron chi connectivity index (χ3n) is 3.77. The lowest BCUT2D eigenvalue weighted by molar-refractivity contribution is -0.0568. The van der Waals surface area contributed by atoms with Crippen molar-refractivity contribution in [1.29, 1.82) is 0 Å². The lowest BCUT2D eigenvalue weighted by atomic mass is 10.1. The van der Waals surface area contributed by atoms with Gasteiger partial charge in [-0.3, -0.25) is 14.9 Å². The van der Waals surface area contributed by atoms with Crippen molar-refractivity contribution >= 4 is 11.6 Å². The summed E-state index contributed by atoms with van der Waals surface area (Å²) < 4.78 is 40.0. The van der Waals surface area contributed by atoms with Crippen LogP contribution in [0.1, 0.15) is 18.5 Å². The summed E-state index contributed by atoms with van der Waals surface area (Å²) in [5.41, 5.74) is 1.22. The number of hydrogen-bond donors (Lipinski definition) is 0. The van der Waals surface area contributed by atoms with Crippen molar-refractivity contribution in [2.24, 2.45) is 0 Å². The normalized spacial score (nSPS) is 18.1. The second-order valence-electron chi connectivity index (χ2n) is 5.51. The number of halogens is 4. The van der Waals surface area contributed by atoms with Gasteiger partial charge in [-0.05, 0) is 0 Å². The van der Waals surface area contributed by atoms with Crippen LogP contribution < -0.4 is 0 Å². The summed E-state index contributed by atoms with van der Waals surface area (Å²) in [5, 5.41) is 0.0673. The molecule has 3 rings (SSSR count). The molecule has 0 unspecified atom stereocenters. The molecule has 0 radical (unpaired) electrons. The van der Waals surface area contributed by atoms with Crippen LogP contribution in [0, 0.1) is 5.82 Å². The molecule has 1 saturated heterocycles. The molecule has 0 amide bonds. The zero-order valence-corrected chi connectivity index (χ0v) is 12.9. The summed E-state index contributed by atoms with van der Waals surface area (Å²) in [6, 6.07) is 1.11. The van der Waals surface area contributed by atoms with Gasteiger partial charge < -0.3 is 0 Å². The van der Waals surface area contributed by atoms with E-state index in [1.807, 2.05) is 4.90 Å². The highest BCUT2D eigenvalue weighted by Crippen LogP contribution is 2.28. The predicted octanol–water partition coefficient (Wildman–Crippen LogP) is 3.56. The molecule has 0 saturated carbocycles. The van der Waals surface area contributed by atoms with Crippen LogP contribution in [0.25, 0.3) is 11.3 Å². The Morgan fingerprint density at radius 3 is 2.43 bits per heavy atom. The van der Waals surface area contributed by atoms with Crippen molar-refractivity contribution in [3.05, 3.63) is 41.3 Å². The minimum absolute atomic E-state index is 0.0673. The summed E-state index contributed by atoms with van der Waals surface area (Å²) in [6.45, 7) is 1.10. The van der Waals surface area contributed by atoms with Gasteiger partial charge in [0, 0.05) is 44.7 Å². The summed E-state index contributed by atoms with van der Waals surface area (Å²) in [4.78, 5) is 14.1. The van der Waals surface area contributed by atoms with E-state index in [4.69, 9.17) is 11.6 Å². The SMILES string of the molecule is Fc1cc(Cl)ncc1-c1cnc(CN2CCC(F)(F)CC2)cn1. The summed E-state index contributed by atoms with van der Waals surface area (Å²) >= 11 is 5.61. The van der Waals surface area contributed by atoms with Crippen LogP contribution in [0.3, 0.4) is 0 Å². The third-order valence-corrected chi connectivity index (χ3v) is 3.98. The largest absolute Gasteiger partial charge is 0.297 e. The molecule has 8 heteroatoms. The molecule has 3 heterocycles. The van der Waals surface area contributed by atoms with Gasteiger partial charge in [0.05, 0.1) is 29.3 Å². The number of aromatic nitrogens is 3. The van der Waals surface area contributed by atoms with Gasteiger partial charge in [-0.1, -0.05) is 11.6 Å². The van der Waals surface area contributed by atoms with Crippen LogP contribution in [0.5, 0.6) is 0 Å². The van der Waals surface area contributed by atoms with E-state index in [0.717, 1.165) is 6.07 Å². The summed E-state index contributed by atoms with van der Waals surface area (Å²) in [5.74, 6) is -3.09. The molecule has 122 valence electrons. The van der Waals surface area contributed by atoms with Gasteiger partial charge in [0.25, 0.3) is 5.92 Å². The van der Waals surface area contributed by atoms with E-state index >= 15 is 0 Å². The molecular weight excluding hydrogens is 329 g/mol. The monoisotopic (exact) mass is 342 g/mol. The number of rotatable bonds is 3. The van der Waals surface area contributed by atoms with E-state index in [-0.39, 0.29) is 23.6 Å². The first-order valence-electron chi connectivity index (χ1n) is 7.15. The molecule has 1 fully saturated rings. The van der Waals surface area contributed by atoms with Gasteiger partial charge >= 0.3 is 0 Å². The Labute approximate surface area is 136 Å². The molecule has 4 nitrogen and oxygen atoms in total. The second-order valence-corrected chi connectivity index (χ2v) is 5.90. The second kappa shape index (κ2) is 6.41. The maximum absolute atomic E-state index is 13.8. The van der Waals surface area contributed by atoms with Gasteiger partial charge in [-0.15, -0.1) is 0 Å². The number of piperidine rings is 1. The highest BCUT2D eigenvalue weighted by atomic mass is 35.5. The van der Waals surface area contributed by atoms with Crippen molar-refractivity contribution in [1.82, 2.24) is 19.9 Å². The average Bonchev–Trinajstić information content (AvgIpc) is 2.51. The van der Waals surface area contributed by atoms with Gasteiger partial charge in [-0.2, -0.15) is 0 Å². The maximum atomic E-state index is 13.8. The van der Waals surface area contributed by atoms with Crippen LogP contribution in [-0.2, 0) is 6.54 Å². The summed E-state index contributed by atoms with van der Waals surface area (Å²) in [7, 11) is 0. The molecule has 0 spiro atoms. The molecule has 0 atom stereocenters. The molecule has 1 aliphatic heterocycles. The number of likely N-dealkylation sites (tertiary alicyclic amines) is 1. The Bertz CT molecular complexity index is 684. The number of alkyl halides is 2. The number of pyridine rings is 1. The molecule has 0 aromatic carbocycles. The fraction of sp³-hybridized carbons (Fsp3) is 0.400. The third kappa shape index (κ3) is 3.97. The van der Waals surface area contributed by atoms with Crippen LogP contribution >= 0.6 is 11.6 Å². The van der Waals surface area contributed by atoms with Gasteiger partial charge in [0.15, 0.2) is 0 Å². The van der Waals surface area contributed by atoms with Gasteiger partial charge in [0.1, 0.15) is 11.0 Å². The number of nitrogens with zero attached hydrogens (tertiary/aromatic N) is 4. The topological polar surface area (TPSA) is 41.9 Å². The van der Waals surface area contributed by atoms with E-state index in [9.17, 15) is 13.2 Å². The zero-order chi connectivity index (χ0) is 16.4. The minimum atomic E-state index is -2.56. The average molecular weight is 343 g/mol. The molecular formula is C15H14ClF3N4. The van der Waals surface area contributed by atoms with E-state index < -0.39 is 11.7 Å². The molecule has 2 aromatic rings. The smallest absolute Gasteiger partial charge is 0.250 e. The van der Waals surface area contributed by atoms with Crippen molar-refractivity contribution in [3.63, 3.8) is 0 Å². The molecule has 0 N–H and O–H groups in total. The fourth-order valence-electron chi connectivity index (χ4n) is 2.44. The molecule has 23 heavy (non-hydrogen) atoms. The van der Waals surface area contributed by atoms with Crippen LogP contribution in [-0.4, -0.2) is 38.9 Å². The van der Waals surface area contributed by atoms with Crippen molar-refractivity contribution < 1.29 is 13.2 Å². The van der Waals surface area contributed by atoms with Crippen LogP contribution in [0.4, 0.5) is 13.2 Å². The van der Waals surface area contributed by atoms with Crippen molar-refractivity contribution in [2.75, 3.05) is 13.1 Å². The van der Waals surface area contributed by atoms with E-state index in [0.29, 0.717) is 31.0 Å². The molecule has 1 aliphatic rings. The highest BCUT2D eigenvalue weighted by molar-refractivity contribution is 6.29. The molecule has 0 bridgehead atoms. The predicted molar refractivity (Wildman–Crippen MR) is 79.7 cm³/mol. The molecule has 0 aliphatic carbocycles. The molecule has 2 aromatic heterocycles. The Morgan fingerprint density at radius 1 is 1.09 bits per heavy atom. The zero-order valence-electron chi connectivity index (χ0n) is 12.1. The minimum Gasteiger partial charge on any atom is -0.297 e. The first-order valence-corrected chi connectivity index (χ1v) is 7.53. The first kappa shape index (κ1) is 16.1. The summed E-state index contributed by atoms with van der Waals surface area (Å²) in [6.07, 6.45) is 3.99. The van der Waals surface area contributed by atoms with Gasteiger partial charge in [0.2, 0.25) is 0 Å². The Hall–Kier alpha value is -1.73. The fourth-order valence-corrected chi connectivity index (χ4v) is 2.58. The first-order chi connectivity index (χ1) is 10.9. The Morgan fingerprint density at radius 2 is 1.83 bits per heavy atom. The van der Waals surface area contributed by atoms with E-state index in [1.165, 1.54) is 18.6 Å². The lowest BCUT2D eigenvalue weighted by Crippen LogP contribution is -2.39. The van der Waals surface area contributed by atoms with E-state index in [2.05, 4.69) is 15.0 Å². The van der Waals surface area contributed by atoms with Crippen molar-refractivity contribution in [3.8, 4) is 11.3 Å². The maximum Gasteiger partial charge on any atom is 0.250 e. The standard InChI is InChI=1S/C15H14ClF3N4/c16-14-5-12(17)11(7-22-14)13-8-20-10(6-21-13)9-23-3-1-15(18,19)2-4-23/h5-8H,1-4,9H2. The van der Waals surface area contributed by atoms with Crippen LogP contribution in [0.2, 0.25) is 5.15 Å². The van der Waals surface area contributed by atoms with E-state index in [1.54, 1.807) is 0 Å². The Kier molecular flexibility index (Phi) is 4.50. The van der Waals surface area contributed by atoms with Gasteiger partial charge in [-0.25, -0.2) is 18.2 Å². The highest BCUT2D eigenvalue weighted by Gasteiger charge is 2.33. The lowest BCUT2D eigenvalue weighted by Gasteiger charge is -2.31. The quantitative estimate of drug-likeness (QED) is 0.800. The Balaban J connectivity index is 1.68. The van der Waals surface area contributed by atoms with Crippen LogP contribution in [0.15, 0.2) is 24.7 Å². The number of hydrogen-bond acceptors (Lipinski definition) is 4.